The minimum atomic E-state index is -4.46. The molecule has 2 aromatic heterocycles. The second-order valence-corrected chi connectivity index (χ2v) is 13.0. The zero-order valence-corrected chi connectivity index (χ0v) is 27.0. The highest BCUT2D eigenvalue weighted by molar-refractivity contribution is 7.13. The topological polar surface area (TPSA) is 76.5 Å². The maximum atomic E-state index is 14.5. The first kappa shape index (κ1) is 32.0. The van der Waals surface area contributed by atoms with Crippen LogP contribution in [-0.2, 0) is 6.18 Å². The van der Waals surface area contributed by atoms with Crippen molar-refractivity contribution in [1.82, 2.24) is 19.8 Å². The molecule has 46 heavy (non-hydrogen) atoms. The van der Waals surface area contributed by atoms with Gasteiger partial charge in [-0.15, -0.1) is 11.3 Å². The van der Waals surface area contributed by atoms with E-state index in [-0.39, 0.29) is 28.6 Å². The van der Waals surface area contributed by atoms with Gasteiger partial charge in [0.25, 0.3) is 11.5 Å². The van der Waals surface area contributed by atoms with Crippen LogP contribution in [-0.4, -0.2) is 52.1 Å². The highest BCUT2D eigenvalue weighted by Gasteiger charge is 2.36. The number of allylic oxidation sites excluding steroid dienone is 1. The van der Waals surface area contributed by atoms with Gasteiger partial charge in [0.15, 0.2) is 0 Å². The summed E-state index contributed by atoms with van der Waals surface area (Å²) in [6, 6.07) is 11.8. The van der Waals surface area contributed by atoms with Crippen molar-refractivity contribution < 1.29 is 22.7 Å². The number of fused-ring (bicyclic) bond motifs is 2. The van der Waals surface area contributed by atoms with Crippen LogP contribution in [0, 0.1) is 0 Å². The molecule has 2 atom stereocenters. The average molecular weight is 669 g/mol. The second-order valence-electron chi connectivity index (χ2n) is 11.7. The largest absolute Gasteiger partial charge is 0.494 e. The molecular weight excluding hydrogens is 637 g/mol. The number of piperazine rings is 1. The number of thiazole rings is 1. The van der Waals surface area contributed by atoms with E-state index in [1.165, 1.54) is 28.0 Å². The minimum absolute atomic E-state index is 0.174. The van der Waals surface area contributed by atoms with Crippen LogP contribution < -0.4 is 15.6 Å². The molecule has 12 heteroatoms. The molecule has 2 bridgehead atoms. The number of aromatic nitrogens is 2. The Kier molecular flexibility index (Phi) is 8.84. The lowest BCUT2D eigenvalue weighted by Crippen LogP contribution is -2.53. The lowest BCUT2D eigenvalue weighted by Gasteiger charge is -2.33. The summed E-state index contributed by atoms with van der Waals surface area (Å²) in [5.41, 5.74) is 1.77. The molecule has 0 aliphatic carbocycles. The Morgan fingerprint density at radius 3 is 2.43 bits per heavy atom. The van der Waals surface area contributed by atoms with Crippen LogP contribution in [0.25, 0.3) is 33.6 Å². The van der Waals surface area contributed by atoms with Gasteiger partial charge in [-0.25, -0.2) is 4.98 Å². The summed E-state index contributed by atoms with van der Waals surface area (Å²) in [5, 5.41) is 5.84. The second kappa shape index (κ2) is 12.7. The zero-order chi connectivity index (χ0) is 32.7. The maximum Gasteiger partial charge on any atom is 0.416 e. The Bertz CT molecular complexity index is 1870. The van der Waals surface area contributed by atoms with Crippen LogP contribution in [0.3, 0.4) is 0 Å². The van der Waals surface area contributed by atoms with Crippen LogP contribution in [0.5, 0.6) is 5.75 Å². The molecule has 4 aromatic rings. The third kappa shape index (κ3) is 6.36. The van der Waals surface area contributed by atoms with Gasteiger partial charge in [-0.05, 0) is 70.0 Å². The number of pyridine rings is 1. The van der Waals surface area contributed by atoms with Crippen LogP contribution >= 0.6 is 22.9 Å². The van der Waals surface area contributed by atoms with Crippen molar-refractivity contribution in [2.75, 3.05) is 19.7 Å². The standard InChI is InChI=1S/C34H32ClF3N4O3S/c1-4-45-24-11-12-27(35)30(14-24)42-29(13-19(2)3)25(32(43)41-16-22-9-10-23(17-41)39-22)15-26(33(42)44)31-40-28(18-46-31)20-5-7-21(8-6-20)34(36,37)38/h5-8,11-15,18,22-23,39H,4,9-10,16-17H2,1-3H3/t22-,23+. The summed E-state index contributed by atoms with van der Waals surface area (Å²) in [4.78, 5) is 35.4. The van der Waals surface area contributed by atoms with E-state index in [0.717, 1.165) is 30.5 Å². The van der Waals surface area contributed by atoms with Gasteiger partial charge in [0.05, 0.1) is 45.4 Å². The molecule has 2 aliphatic rings. The summed E-state index contributed by atoms with van der Waals surface area (Å²) in [7, 11) is 0. The van der Waals surface area contributed by atoms with E-state index in [9.17, 15) is 22.8 Å². The van der Waals surface area contributed by atoms with Gasteiger partial charge in [-0.3, -0.25) is 14.2 Å². The predicted molar refractivity (Wildman–Crippen MR) is 175 cm³/mol. The van der Waals surface area contributed by atoms with Crippen molar-refractivity contribution in [2.24, 2.45) is 0 Å². The third-order valence-corrected chi connectivity index (χ3v) is 9.31. The summed E-state index contributed by atoms with van der Waals surface area (Å²) in [6.07, 6.45) is -0.677. The van der Waals surface area contributed by atoms with Crippen molar-refractivity contribution in [3.63, 3.8) is 0 Å². The predicted octanol–water partition coefficient (Wildman–Crippen LogP) is 7.70. The van der Waals surface area contributed by atoms with Gasteiger partial charge in [-0.1, -0.05) is 29.3 Å². The van der Waals surface area contributed by atoms with Gasteiger partial charge < -0.3 is 15.0 Å². The normalized spacial score (nSPS) is 17.7. The summed E-state index contributed by atoms with van der Waals surface area (Å²) in [6.45, 7) is 7.12. The first-order valence-electron chi connectivity index (χ1n) is 15.0. The molecule has 2 fully saturated rings. The molecule has 0 unspecified atom stereocenters. The Morgan fingerprint density at radius 1 is 1.11 bits per heavy atom. The van der Waals surface area contributed by atoms with E-state index in [1.54, 1.807) is 35.7 Å². The smallest absolute Gasteiger partial charge is 0.416 e. The Labute approximate surface area is 273 Å². The van der Waals surface area contributed by atoms with Crippen molar-refractivity contribution in [3.05, 3.63) is 91.7 Å². The van der Waals surface area contributed by atoms with Crippen LogP contribution in [0.2, 0.25) is 5.02 Å². The number of hydrogen-bond acceptors (Lipinski definition) is 6. The lowest BCUT2D eigenvalue weighted by atomic mass is 10.0. The third-order valence-electron chi connectivity index (χ3n) is 8.11. The number of nitrogens with zero attached hydrogens (tertiary/aromatic N) is 3. The number of carbonyl (C=O) groups excluding carboxylic acids is 1. The quantitative estimate of drug-likeness (QED) is 0.219. The number of nitrogens with one attached hydrogen (secondary N) is 1. The number of hydrogen-bond donors (Lipinski definition) is 1. The van der Waals surface area contributed by atoms with Crippen LogP contribution in [0.4, 0.5) is 13.2 Å². The number of alkyl halides is 3. The fourth-order valence-electron chi connectivity index (χ4n) is 6.02. The van der Waals surface area contributed by atoms with Crippen LogP contribution in [0.15, 0.2) is 64.3 Å². The van der Waals surface area contributed by atoms with E-state index >= 15 is 0 Å². The molecule has 4 heterocycles. The molecule has 6 rings (SSSR count). The monoisotopic (exact) mass is 668 g/mol. The molecule has 0 radical (unpaired) electrons. The molecule has 2 aromatic carbocycles. The lowest BCUT2D eigenvalue weighted by molar-refractivity contribution is -0.137. The number of halogens is 4. The van der Waals surface area contributed by atoms with Gasteiger partial charge >= 0.3 is 6.18 Å². The van der Waals surface area contributed by atoms with Crippen molar-refractivity contribution in [2.45, 2.75) is 51.9 Å². The van der Waals surface area contributed by atoms with Crippen molar-refractivity contribution in [1.29, 1.82) is 0 Å². The zero-order valence-electron chi connectivity index (χ0n) is 25.5. The number of carbonyl (C=O) groups is 1. The number of rotatable bonds is 7. The van der Waals surface area contributed by atoms with Gasteiger partial charge in [0.1, 0.15) is 10.8 Å². The Hall–Kier alpha value is -3.93. The summed E-state index contributed by atoms with van der Waals surface area (Å²) < 4.78 is 46.6. The van der Waals surface area contributed by atoms with Crippen molar-refractivity contribution >= 4 is 34.9 Å². The Morgan fingerprint density at radius 2 is 1.80 bits per heavy atom. The number of likely N-dealkylation sites (tertiary alicyclic amines) is 1. The molecule has 7 nitrogen and oxygen atoms in total. The fraction of sp³-hybridized carbons (Fsp3) is 0.324. The fourth-order valence-corrected chi connectivity index (χ4v) is 7.06. The van der Waals surface area contributed by atoms with E-state index in [1.807, 2.05) is 25.7 Å². The van der Waals surface area contributed by atoms with E-state index in [2.05, 4.69) is 10.3 Å². The number of ether oxygens (including phenoxy) is 1. The number of amides is 1. The minimum Gasteiger partial charge on any atom is -0.494 e. The molecular formula is C34H32ClF3N4O3S. The maximum absolute atomic E-state index is 14.5. The first-order valence-corrected chi connectivity index (χ1v) is 16.2. The van der Waals surface area contributed by atoms with Crippen LogP contribution in [0.1, 0.15) is 55.2 Å². The molecule has 240 valence electrons. The average Bonchev–Trinajstić information content (AvgIpc) is 3.64. The van der Waals surface area contributed by atoms with Gasteiger partial charge in [0.2, 0.25) is 0 Å². The first-order chi connectivity index (χ1) is 21.9. The molecule has 2 saturated heterocycles. The van der Waals surface area contributed by atoms with E-state index in [0.29, 0.717) is 58.7 Å². The summed E-state index contributed by atoms with van der Waals surface area (Å²) in [5.74, 6) is 0.297. The van der Waals surface area contributed by atoms with Crippen molar-refractivity contribution in [3.8, 4) is 33.3 Å². The van der Waals surface area contributed by atoms with E-state index in [4.69, 9.17) is 16.3 Å². The number of benzene rings is 2. The SMILES string of the molecule is CCOc1ccc(Cl)c(-n2c(C=C(C)C)c(C(=O)N3C[C@H]4CC[C@@H](C3)N4)cc(-c3nc(-c4ccc(C(F)(F)F)cc4)cs3)c2=O)c1. The summed E-state index contributed by atoms with van der Waals surface area (Å²) >= 11 is 7.91. The highest BCUT2D eigenvalue weighted by atomic mass is 35.5. The van der Waals surface area contributed by atoms with Gasteiger partial charge in [-0.2, -0.15) is 13.2 Å². The highest BCUT2D eigenvalue weighted by Crippen LogP contribution is 2.35. The van der Waals surface area contributed by atoms with Gasteiger partial charge in [0, 0.05) is 42.2 Å². The molecule has 1 amide bonds. The van der Waals surface area contributed by atoms with E-state index < -0.39 is 17.3 Å². The molecule has 2 aliphatic heterocycles. The molecule has 1 N–H and O–H groups in total. The molecule has 0 spiro atoms. The Balaban J connectivity index is 1.55. The molecule has 0 saturated carbocycles.